The van der Waals surface area contributed by atoms with E-state index in [-0.39, 0.29) is 6.04 Å². The van der Waals surface area contributed by atoms with Crippen molar-refractivity contribution in [3.05, 3.63) is 83.4 Å². The van der Waals surface area contributed by atoms with Crippen LogP contribution in [0, 0.1) is 0 Å². The number of piperazine rings is 1. The minimum atomic E-state index is -0.00535. The molecule has 0 amide bonds. The van der Waals surface area contributed by atoms with Crippen molar-refractivity contribution < 1.29 is 18.9 Å². The Bertz CT molecular complexity index is 1040. The van der Waals surface area contributed by atoms with Gasteiger partial charge in [-0.2, -0.15) is 0 Å². The first kappa shape index (κ1) is 23.0. The van der Waals surface area contributed by atoms with Crippen LogP contribution in [0.2, 0.25) is 0 Å². The van der Waals surface area contributed by atoms with Crippen LogP contribution < -0.4 is 24.3 Å². The molecule has 1 aliphatic rings. The minimum Gasteiger partial charge on any atom is -0.497 e. The van der Waals surface area contributed by atoms with Gasteiger partial charge in [0.05, 0.1) is 27.4 Å². The average molecular weight is 449 g/mol. The molecule has 174 valence electrons. The fourth-order valence-electron chi connectivity index (χ4n) is 4.29. The Labute approximate surface area is 196 Å². The fraction of sp³-hybridized carbons (Fsp3) is 0.333. The number of nitrogens with one attached hydrogen (secondary N) is 1. The molecule has 33 heavy (non-hydrogen) atoms. The Balaban J connectivity index is 1.70. The molecule has 3 aromatic carbocycles. The van der Waals surface area contributed by atoms with Gasteiger partial charge in [0.25, 0.3) is 0 Å². The molecule has 0 bridgehead atoms. The molecule has 3 aromatic rings. The second kappa shape index (κ2) is 11.1. The lowest BCUT2D eigenvalue weighted by Gasteiger charge is -2.36. The molecule has 1 atom stereocenters. The van der Waals surface area contributed by atoms with Crippen LogP contribution in [0.4, 0.5) is 0 Å². The van der Waals surface area contributed by atoms with E-state index in [0.717, 1.165) is 60.1 Å². The fourth-order valence-corrected chi connectivity index (χ4v) is 4.29. The zero-order valence-electron chi connectivity index (χ0n) is 19.5. The van der Waals surface area contributed by atoms with Gasteiger partial charge in [-0.1, -0.05) is 36.4 Å². The molecule has 0 aromatic heterocycles. The molecule has 0 radical (unpaired) electrons. The summed E-state index contributed by atoms with van der Waals surface area (Å²) in [5, 5.41) is 3.45. The smallest absolute Gasteiger partial charge is 0.161 e. The Morgan fingerprint density at radius 1 is 0.788 bits per heavy atom. The van der Waals surface area contributed by atoms with Gasteiger partial charge in [0.1, 0.15) is 18.1 Å². The molecule has 1 heterocycles. The van der Waals surface area contributed by atoms with Crippen molar-refractivity contribution in [2.24, 2.45) is 0 Å². The first-order valence-corrected chi connectivity index (χ1v) is 11.2. The Morgan fingerprint density at radius 2 is 1.52 bits per heavy atom. The van der Waals surface area contributed by atoms with Crippen LogP contribution in [0.25, 0.3) is 0 Å². The van der Waals surface area contributed by atoms with Crippen LogP contribution in [-0.2, 0) is 6.61 Å². The SMILES string of the molecule is COc1ccc(OC)c(C(c2ccc(OCc3ccccc3)c(OC)c2)N2CCNCC2)c1. The number of nitrogens with zero attached hydrogens (tertiary/aromatic N) is 1. The third-order valence-electron chi connectivity index (χ3n) is 5.99. The van der Waals surface area contributed by atoms with Gasteiger partial charge in [0.2, 0.25) is 0 Å². The predicted molar refractivity (Wildman–Crippen MR) is 130 cm³/mol. The van der Waals surface area contributed by atoms with Crippen molar-refractivity contribution in [3.63, 3.8) is 0 Å². The van der Waals surface area contributed by atoms with Gasteiger partial charge in [-0.15, -0.1) is 0 Å². The number of benzene rings is 3. The zero-order chi connectivity index (χ0) is 23.0. The lowest BCUT2D eigenvalue weighted by atomic mass is 9.94. The molecule has 0 spiro atoms. The summed E-state index contributed by atoms with van der Waals surface area (Å²) in [7, 11) is 5.08. The number of rotatable bonds is 9. The van der Waals surface area contributed by atoms with Crippen molar-refractivity contribution in [2.45, 2.75) is 12.6 Å². The number of ether oxygens (including phenoxy) is 4. The van der Waals surface area contributed by atoms with Crippen molar-refractivity contribution in [2.75, 3.05) is 47.5 Å². The van der Waals surface area contributed by atoms with Gasteiger partial charge in [-0.25, -0.2) is 0 Å². The first-order valence-electron chi connectivity index (χ1n) is 11.2. The third-order valence-corrected chi connectivity index (χ3v) is 5.99. The molecule has 1 N–H and O–H groups in total. The zero-order valence-corrected chi connectivity index (χ0v) is 19.5. The minimum absolute atomic E-state index is 0.00535. The van der Waals surface area contributed by atoms with Crippen LogP contribution in [0.15, 0.2) is 66.7 Å². The normalized spacial score (nSPS) is 15.0. The molecular formula is C27H32N2O4. The summed E-state index contributed by atoms with van der Waals surface area (Å²) in [5.41, 5.74) is 3.30. The van der Waals surface area contributed by atoms with E-state index in [1.807, 2.05) is 36.4 Å². The molecule has 0 saturated carbocycles. The van der Waals surface area contributed by atoms with Crippen LogP contribution in [0.3, 0.4) is 0 Å². The van der Waals surface area contributed by atoms with E-state index in [0.29, 0.717) is 12.4 Å². The summed E-state index contributed by atoms with van der Waals surface area (Å²) >= 11 is 0. The van der Waals surface area contributed by atoms with Gasteiger partial charge in [-0.05, 0) is 41.5 Å². The van der Waals surface area contributed by atoms with Crippen LogP contribution >= 0.6 is 0 Å². The Kier molecular flexibility index (Phi) is 7.70. The predicted octanol–water partition coefficient (Wildman–Crippen LogP) is 4.29. The monoisotopic (exact) mass is 448 g/mol. The molecule has 1 unspecified atom stereocenters. The highest BCUT2D eigenvalue weighted by atomic mass is 16.5. The van der Waals surface area contributed by atoms with E-state index < -0.39 is 0 Å². The van der Waals surface area contributed by atoms with Gasteiger partial charge < -0.3 is 24.3 Å². The van der Waals surface area contributed by atoms with E-state index >= 15 is 0 Å². The second-order valence-corrected chi connectivity index (χ2v) is 7.98. The summed E-state index contributed by atoms with van der Waals surface area (Å²) < 4.78 is 23.1. The quantitative estimate of drug-likeness (QED) is 0.527. The first-order chi connectivity index (χ1) is 16.2. The highest BCUT2D eigenvalue weighted by Gasteiger charge is 2.28. The van der Waals surface area contributed by atoms with Crippen molar-refractivity contribution in [3.8, 4) is 23.0 Å². The van der Waals surface area contributed by atoms with Gasteiger partial charge in [0.15, 0.2) is 11.5 Å². The molecule has 1 fully saturated rings. The summed E-state index contributed by atoms with van der Waals surface area (Å²) in [4.78, 5) is 2.47. The number of hydrogen-bond donors (Lipinski definition) is 1. The van der Waals surface area contributed by atoms with Gasteiger partial charge >= 0.3 is 0 Å². The summed E-state index contributed by atoms with van der Waals surface area (Å²) in [6, 6.07) is 22.3. The molecule has 1 aliphatic heterocycles. The largest absolute Gasteiger partial charge is 0.497 e. The van der Waals surface area contributed by atoms with Gasteiger partial charge in [0, 0.05) is 31.7 Å². The number of hydrogen-bond acceptors (Lipinski definition) is 6. The molecule has 6 nitrogen and oxygen atoms in total. The highest BCUT2D eigenvalue weighted by Crippen LogP contribution is 2.40. The van der Waals surface area contributed by atoms with Gasteiger partial charge in [-0.3, -0.25) is 4.90 Å². The molecule has 4 rings (SSSR count). The molecule has 6 heteroatoms. The van der Waals surface area contributed by atoms with E-state index in [4.69, 9.17) is 18.9 Å². The van der Waals surface area contributed by atoms with E-state index in [1.165, 1.54) is 0 Å². The lowest BCUT2D eigenvalue weighted by molar-refractivity contribution is 0.194. The van der Waals surface area contributed by atoms with Crippen LogP contribution in [0.1, 0.15) is 22.7 Å². The van der Waals surface area contributed by atoms with Crippen LogP contribution in [-0.4, -0.2) is 52.4 Å². The second-order valence-electron chi connectivity index (χ2n) is 7.98. The van der Waals surface area contributed by atoms with Crippen molar-refractivity contribution in [1.29, 1.82) is 0 Å². The number of methoxy groups -OCH3 is 3. The third kappa shape index (κ3) is 5.41. The summed E-state index contributed by atoms with van der Waals surface area (Å²) in [6.07, 6.45) is 0. The maximum Gasteiger partial charge on any atom is 0.161 e. The molecule has 0 aliphatic carbocycles. The topological polar surface area (TPSA) is 52.2 Å². The summed E-state index contributed by atoms with van der Waals surface area (Å²) in [6.45, 7) is 4.23. The van der Waals surface area contributed by atoms with Crippen molar-refractivity contribution in [1.82, 2.24) is 10.2 Å². The Hall–Kier alpha value is -3.22. The maximum atomic E-state index is 6.09. The average Bonchev–Trinajstić information content (AvgIpc) is 2.89. The van der Waals surface area contributed by atoms with E-state index in [2.05, 4.69) is 40.5 Å². The van der Waals surface area contributed by atoms with Crippen LogP contribution in [0.5, 0.6) is 23.0 Å². The Morgan fingerprint density at radius 3 is 2.21 bits per heavy atom. The highest BCUT2D eigenvalue weighted by molar-refractivity contribution is 5.50. The lowest BCUT2D eigenvalue weighted by Crippen LogP contribution is -2.45. The maximum absolute atomic E-state index is 6.09. The van der Waals surface area contributed by atoms with E-state index in [9.17, 15) is 0 Å². The molecule has 1 saturated heterocycles. The summed E-state index contributed by atoms with van der Waals surface area (Å²) in [5.74, 6) is 3.08. The molecular weight excluding hydrogens is 416 g/mol. The van der Waals surface area contributed by atoms with Crippen molar-refractivity contribution >= 4 is 0 Å². The van der Waals surface area contributed by atoms with E-state index in [1.54, 1.807) is 21.3 Å². The standard InChI is InChI=1S/C27H32N2O4/c1-30-22-10-12-24(31-2)23(18-22)27(29-15-13-28-14-16-29)21-9-11-25(26(17-21)32-3)33-19-20-7-5-4-6-8-20/h4-12,17-18,27-28H,13-16,19H2,1-3H3.